The van der Waals surface area contributed by atoms with E-state index in [-0.39, 0.29) is 18.6 Å². The minimum Gasteiger partial charge on any atom is -0.449 e. The van der Waals surface area contributed by atoms with E-state index in [2.05, 4.69) is 21.5 Å². The van der Waals surface area contributed by atoms with E-state index < -0.39 is 30.2 Å². The van der Waals surface area contributed by atoms with Gasteiger partial charge in [-0.25, -0.2) is 4.79 Å². The van der Waals surface area contributed by atoms with Crippen LogP contribution in [0.1, 0.15) is 56.2 Å². The maximum Gasteiger partial charge on any atom is 0.434 e. The highest BCUT2D eigenvalue weighted by Crippen LogP contribution is 2.41. The number of likely N-dealkylation sites (tertiary alicyclic amines) is 2. The Kier molecular flexibility index (Phi) is 8.61. The number of alkyl halides is 6. The predicted molar refractivity (Wildman–Crippen MR) is 125 cm³/mol. The zero-order valence-electron chi connectivity index (χ0n) is 21.3. The molecule has 2 aliphatic rings. The molecule has 210 valence electrons. The number of benzene rings is 1. The minimum atomic E-state index is -5.75. The van der Waals surface area contributed by atoms with Gasteiger partial charge in [-0.1, -0.05) is 24.0 Å². The number of ether oxygens (including phenoxy) is 2. The maximum absolute atomic E-state index is 12.8. The predicted octanol–water partition coefficient (Wildman–Crippen LogP) is 5.36. The highest BCUT2D eigenvalue weighted by molar-refractivity contribution is 5.68. The van der Waals surface area contributed by atoms with Gasteiger partial charge in [0.25, 0.3) is 12.6 Å². The fraction of sp³-hybridized carbons (Fsp3) is 0.615. The first-order chi connectivity index (χ1) is 17.6. The molecule has 0 saturated carbocycles. The Morgan fingerprint density at radius 2 is 1.71 bits per heavy atom. The number of hydrogen-bond donors (Lipinski definition) is 0. The third kappa shape index (κ3) is 7.12. The number of rotatable bonds is 5. The summed E-state index contributed by atoms with van der Waals surface area (Å²) in [6, 6.07) is 5.84. The van der Waals surface area contributed by atoms with E-state index in [0.29, 0.717) is 25.9 Å². The van der Waals surface area contributed by atoms with E-state index in [9.17, 15) is 35.9 Å². The SMILES string of the molecule is Cc1ccc(CN2CCCC23CCN(C(=O)OC(C(F)(F)F)C(F)(F)F)CC3)c(C#CC(C)(C)OC=O)c1. The van der Waals surface area contributed by atoms with E-state index in [1.807, 2.05) is 25.1 Å². The molecule has 0 atom stereocenters. The van der Waals surface area contributed by atoms with Gasteiger partial charge in [-0.05, 0) is 70.2 Å². The molecule has 6 nitrogen and oxygen atoms in total. The molecule has 0 unspecified atom stereocenters. The van der Waals surface area contributed by atoms with E-state index >= 15 is 0 Å². The van der Waals surface area contributed by atoms with Crippen LogP contribution in [0, 0.1) is 18.8 Å². The van der Waals surface area contributed by atoms with E-state index in [0.717, 1.165) is 41.0 Å². The molecular formula is C26H30F6N2O4. The van der Waals surface area contributed by atoms with Gasteiger partial charge < -0.3 is 14.4 Å². The summed E-state index contributed by atoms with van der Waals surface area (Å²) >= 11 is 0. The summed E-state index contributed by atoms with van der Waals surface area (Å²) in [4.78, 5) is 26.1. The van der Waals surface area contributed by atoms with Crippen molar-refractivity contribution >= 4 is 12.6 Å². The second kappa shape index (κ2) is 11.0. The molecule has 12 heteroatoms. The number of aryl methyl sites for hydroxylation is 1. The zero-order valence-corrected chi connectivity index (χ0v) is 21.3. The Hall–Kier alpha value is -2.94. The lowest BCUT2D eigenvalue weighted by Crippen LogP contribution is -2.54. The van der Waals surface area contributed by atoms with Crippen LogP contribution in [0.2, 0.25) is 0 Å². The highest BCUT2D eigenvalue weighted by Gasteiger charge is 2.60. The normalized spacial score (nSPS) is 18.3. The number of carbonyl (C=O) groups is 2. The first-order valence-corrected chi connectivity index (χ1v) is 12.1. The van der Waals surface area contributed by atoms with Gasteiger partial charge in [0.15, 0.2) is 5.60 Å². The summed E-state index contributed by atoms with van der Waals surface area (Å²) in [7, 11) is 0. The van der Waals surface area contributed by atoms with Gasteiger partial charge in [0.05, 0.1) is 0 Å². The Morgan fingerprint density at radius 3 is 2.29 bits per heavy atom. The van der Waals surface area contributed by atoms with Crippen LogP contribution in [-0.2, 0) is 20.8 Å². The van der Waals surface area contributed by atoms with Crippen molar-refractivity contribution in [3.63, 3.8) is 0 Å². The maximum atomic E-state index is 12.8. The number of piperidine rings is 1. The summed E-state index contributed by atoms with van der Waals surface area (Å²) in [5.74, 6) is 6.05. The number of amides is 1. The first kappa shape index (κ1) is 29.6. The van der Waals surface area contributed by atoms with Gasteiger partial charge >= 0.3 is 18.4 Å². The van der Waals surface area contributed by atoms with Crippen molar-refractivity contribution in [2.24, 2.45) is 0 Å². The van der Waals surface area contributed by atoms with Crippen LogP contribution in [0.25, 0.3) is 0 Å². The zero-order chi connectivity index (χ0) is 28.4. The molecule has 2 fully saturated rings. The Bertz CT molecular complexity index is 1070. The topological polar surface area (TPSA) is 59.1 Å². The highest BCUT2D eigenvalue weighted by atomic mass is 19.4. The molecule has 38 heavy (non-hydrogen) atoms. The average Bonchev–Trinajstić information content (AvgIpc) is 3.17. The number of carbonyl (C=O) groups excluding carboxylic acids is 2. The van der Waals surface area contributed by atoms with Crippen LogP contribution in [0.3, 0.4) is 0 Å². The van der Waals surface area contributed by atoms with Gasteiger partial charge in [-0.2, -0.15) is 26.3 Å². The average molecular weight is 549 g/mol. The number of halogens is 6. The summed E-state index contributed by atoms with van der Waals surface area (Å²) in [6.07, 6.45) is -14.9. The second-order valence-corrected chi connectivity index (χ2v) is 10.2. The Balaban J connectivity index is 1.72. The van der Waals surface area contributed by atoms with Crippen molar-refractivity contribution < 1.29 is 45.4 Å². The number of hydrogen-bond acceptors (Lipinski definition) is 5. The summed E-state index contributed by atoms with van der Waals surface area (Å²) in [5.41, 5.74) is 1.37. The quantitative estimate of drug-likeness (QED) is 0.282. The van der Waals surface area contributed by atoms with Gasteiger partial charge in [0, 0.05) is 30.7 Å². The molecule has 2 heterocycles. The molecule has 0 aliphatic carbocycles. The third-order valence-electron chi connectivity index (χ3n) is 6.97. The molecule has 0 radical (unpaired) electrons. The molecule has 1 spiro atoms. The first-order valence-electron chi connectivity index (χ1n) is 12.1. The lowest BCUT2D eigenvalue weighted by atomic mass is 9.84. The van der Waals surface area contributed by atoms with Crippen molar-refractivity contribution in [1.29, 1.82) is 0 Å². The van der Waals surface area contributed by atoms with Crippen LogP contribution in [0.15, 0.2) is 18.2 Å². The fourth-order valence-electron chi connectivity index (χ4n) is 4.93. The van der Waals surface area contributed by atoms with Gasteiger partial charge in [0.1, 0.15) is 0 Å². The van der Waals surface area contributed by atoms with Crippen LogP contribution < -0.4 is 0 Å². The van der Waals surface area contributed by atoms with E-state index in [1.165, 1.54) is 0 Å². The Labute approximate surface area is 217 Å². The Morgan fingerprint density at radius 1 is 1.08 bits per heavy atom. The molecule has 1 amide bonds. The molecule has 0 aromatic heterocycles. The lowest BCUT2D eigenvalue weighted by molar-refractivity contribution is -0.308. The molecule has 0 bridgehead atoms. The monoisotopic (exact) mass is 548 g/mol. The molecule has 2 saturated heterocycles. The van der Waals surface area contributed by atoms with Gasteiger partial charge in [-0.3, -0.25) is 9.69 Å². The van der Waals surface area contributed by atoms with Crippen molar-refractivity contribution in [2.45, 2.75) is 82.6 Å². The summed E-state index contributed by atoms with van der Waals surface area (Å²) in [5, 5.41) is 0. The standard InChI is InChI=1S/C26H30F6N2O4/c1-18-5-6-20(19(15-18)7-9-23(2,3)37-17-35)16-34-12-4-8-24(34)10-13-33(14-11-24)22(36)38-21(25(27,28)29)26(30,31)32/h5-6,15,17,21H,4,8,10-14,16H2,1-3H3. The largest absolute Gasteiger partial charge is 0.449 e. The third-order valence-corrected chi connectivity index (χ3v) is 6.97. The van der Waals surface area contributed by atoms with Crippen molar-refractivity contribution in [3.05, 3.63) is 34.9 Å². The second-order valence-electron chi connectivity index (χ2n) is 10.2. The molecular weight excluding hydrogens is 518 g/mol. The lowest BCUT2D eigenvalue weighted by Gasteiger charge is -2.45. The number of nitrogens with zero attached hydrogens (tertiary/aromatic N) is 2. The smallest absolute Gasteiger partial charge is 0.434 e. The molecule has 2 aliphatic heterocycles. The van der Waals surface area contributed by atoms with Gasteiger partial charge in [0.2, 0.25) is 0 Å². The van der Waals surface area contributed by atoms with Crippen LogP contribution >= 0.6 is 0 Å². The van der Waals surface area contributed by atoms with Crippen LogP contribution in [0.4, 0.5) is 31.1 Å². The van der Waals surface area contributed by atoms with Crippen molar-refractivity contribution in [1.82, 2.24) is 9.80 Å². The molecule has 1 aromatic carbocycles. The van der Waals surface area contributed by atoms with E-state index in [4.69, 9.17) is 4.74 Å². The molecule has 0 N–H and O–H groups in total. The molecule has 1 aromatic rings. The van der Waals surface area contributed by atoms with Crippen LogP contribution in [-0.4, -0.2) is 71.6 Å². The van der Waals surface area contributed by atoms with E-state index in [1.54, 1.807) is 13.8 Å². The minimum absolute atomic E-state index is 0.0183. The summed E-state index contributed by atoms with van der Waals surface area (Å²) in [6.45, 7) is 6.84. The molecule has 3 rings (SSSR count). The summed E-state index contributed by atoms with van der Waals surface area (Å²) < 4.78 is 85.7. The van der Waals surface area contributed by atoms with Crippen molar-refractivity contribution in [3.8, 4) is 11.8 Å². The van der Waals surface area contributed by atoms with Crippen LogP contribution in [0.5, 0.6) is 0 Å². The van der Waals surface area contributed by atoms with Gasteiger partial charge in [-0.15, -0.1) is 0 Å². The fourth-order valence-corrected chi connectivity index (χ4v) is 4.93. The van der Waals surface area contributed by atoms with Crippen molar-refractivity contribution in [2.75, 3.05) is 19.6 Å².